The minimum absolute atomic E-state index is 0.0554. The summed E-state index contributed by atoms with van der Waals surface area (Å²) >= 11 is 0. The van der Waals surface area contributed by atoms with Crippen molar-refractivity contribution in [3.63, 3.8) is 0 Å². The molecule has 1 aliphatic carbocycles. The molecule has 1 saturated heterocycles. The molecule has 1 amide bonds. The summed E-state index contributed by atoms with van der Waals surface area (Å²) in [6.45, 7) is 2.96. The van der Waals surface area contributed by atoms with Crippen LogP contribution in [0.5, 0.6) is 0 Å². The number of ether oxygens (including phenoxy) is 1. The number of carbonyl (C=O) groups excluding carboxylic acids is 1. The highest BCUT2D eigenvalue weighted by Gasteiger charge is 2.33. The zero-order valence-corrected chi connectivity index (χ0v) is 18.7. The summed E-state index contributed by atoms with van der Waals surface area (Å²) in [6.07, 6.45) is 7.87. The number of nitrogens with zero attached hydrogens (tertiary/aromatic N) is 3. The Morgan fingerprint density at radius 1 is 1.31 bits per heavy atom. The van der Waals surface area contributed by atoms with Crippen LogP contribution in [-0.4, -0.2) is 53.9 Å². The van der Waals surface area contributed by atoms with Crippen LogP contribution in [0.2, 0.25) is 0 Å². The SMILES string of the molecule is C[C@@H]1CN(c2ccc(C#N)c3ncccc23)C[C@H](C(=O)N[C@H](CO)CC2CCCCC2)O1. The molecule has 0 radical (unpaired) electrons. The molecule has 0 bridgehead atoms. The zero-order chi connectivity index (χ0) is 22.5. The van der Waals surface area contributed by atoms with Gasteiger partial charge in [-0.25, -0.2) is 0 Å². The second kappa shape index (κ2) is 10.3. The van der Waals surface area contributed by atoms with Crippen molar-refractivity contribution in [1.29, 1.82) is 5.26 Å². The molecule has 3 atom stereocenters. The van der Waals surface area contributed by atoms with E-state index < -0.39 is 6.10 Å². The number of amides is 1. The Labute approximate surface area is 189 Å². The number of aromatic nitrogens is 1. The van der Waals surface area contributed by atoms with Gasteiger partial charge in [0.05, 0.1) is 36.4 Å². The molecule has 2 aromatic rings. The molecule has 2 fully saturated rings. The molecule has 2 N–H and O–H groups in total. The number of aliphatic hydroxyl groups is 1. The van der Waals surface area contributed by atoms with E-state index in [2.05, 4.69) is 21.3 Å². The molecule has 1 aromatic carbocycles. The van der Waals surface area contributed by atoms with E-state index in [1.54, 1.807) is 12.3 Å². The van der Waals surface area contributed by atoms with Crippen molar-refractivity contribution in [3.05, 3.63) is 36.0 Å². The third kappa shape index (κ3) is 5.03. The summed E-state index contributed by atoms with van der Waals surface area (Å²) in [7, 11) is 0. The zero-order valence-electron chi connectivity index (χ0n) is 18.7. The maximum absolute atomic E-state index is 13.1. The number of aliphatic hydroxyl groups excluding tert-OH is 1. The predicted molar refractivity (Wildman–Crippen MR) is 123 cm³/mol. The van der Waals surface area contributed by atoms with Gasteiger partial charge >= 0.3 is 0 Å². The first-order valence-electron chi connectivity index (χ1n) is 11.7. The minimum atomic E-state index is -0.624. The Kier molecular flexibility index (Phi) is 7.23. The first kappa shape index (κ1) is 22.5. The van der Waals surface area contributed by atoms with Crippen molar-refractivity contribution in [3.8, 4) is 6.07 Å². The molecule has 7 nitrogen and oxygen atoms in total. The molecular weight excluding hydrogens is 404 g/mol. The number of pyridine rings is 1. The molecule has 32 heavy (non-hydrogen) atoms. The molecule has 1 aliphatic heterocycles. The van der Waals surface area contributed by atoms with Crippen molar-refractivity contribution in [2.75, 3.05) is 24.6 Å². The fourth-order valence-electron chi connectivity index (χ4n) is 5.11. The summed E-state index contributed by atoms with van der Waals surface area (Å²) in [4.78, 5) is 19.6. The van der Waals surface area contributed by atoms with E-state index in [9.17, 15) is 15.2 Å². The van der Waals surface area contributed by atoms with E-state index in [-0.39, 0.29) is 24.7 Å². The molecule has 1 aromatic heterocycles. The fraction of sp³-hybridized carbons (Fsp3) is 0.560. The van der Waals surface area contributed by atoms with Gasteiger partial charge in [-0.3, -0.25) is 9.78 Å². The molecule has 2 aliphatic rings. The number of hydrogen-bond acceptors (Lipinski definition) is 6. The molecule has 0 spiro atoms. The van der Waals surface area contributed by atoms with Crippen molar-refractivity contribution in [2.24, 2.45) is 5.92 Å². The largest absolute Gasteiger partial charge is 0.394 e. The van der Waals surface area contributed by atoms with Crippen molar-refractivity contribution < 1.29 is 14.6 Å². The number of hydrogen-bond donors (Lipinski definition) is 2. The van der Waals surface area contributed by atoms with Gasteiger partial charge in [0.25, 0.3) is 5.91 Å². The van der Waals surface area contributed by atoms with E-state index in [4.69, 9.17) is 4.74 Å². The van der Waals surface area contributed by atoms with Crippen molar-refractivity contribution >= 4 is 22.5 Å². The topological polar surface area (TPSA) is 98.5 Å². The normalized spacial score (nSPS) is 23.0. The average molecular weight is 437 g/mol. The number of benzene rings is 1. The predicted octanol–water partition coefficient (Wildman–Crippen LogP) is 3.15. The van der Waals surface area contributed by atoms with Gasteiger partial charge in [-0.1, -0.05) is 32.1 Å². The standard InChI is InChI=1S/C25H32N4O3/c1-17-14-29(22-10-9-19(13-26)24-21(22)8-5-11-27-24)15-23(32-17)25(31)28-20(16-30)12-18-6-3-2-4-7-18/h5,8-11,17-18,20,23,30H,2-4,6-7,12,14-16H2,1H3,(H,28,31)/t17-,20+,23-/m1/s1. The summed E-state index contributed by atoms with van der Waals surface area (Å²) < 4.78 is 5.99. The van der Waals surface area contributed by atoms with Crippen LogP contribution in [0.15, 0.2) is 30.5 Å². The number of anilines is 1. The first-order chi connectivity index (χ1) is 15.6. The summed E-state index contributed by atoms with van der Waals surface area (Å²) in [5.41, 5.74) is 2.15. The Balaban J connectivity index is 1.48. The second-order valence-electron chi connectivity index (χ2n) is 9.11. The van der Waals surface area contributed by atoms with Crippen LogP contribution in [0.25, 0.3) is 10.9 Å². The third-order valence-electron chi connectivity index (χ3n) is 6.67. The van der Waals surface area contributed by atoms with Crippen LogP contribution in [0.1, 0.15) is 51.0 Å². The Bertz CT molecular complexity index is 983. The Hall–Kier alpha value is -2.69. The van der Waals surface area contributed by atoms with Crippen LogP contribution in [0, 0.1) is 17.2 Å². The quantitative estimate of drug-likeness (QED) is 0.722. The lowest BCUT2D eigenvalue weighted by molar-refractivity contribution is -0.138. The maximum atomic E-state index is 13.1. The average Bonchev–Trinajstić information content (AvgIpc) is 2.83. The van der Waals surface area contributed by atoms with E-state index in [0.29, 0.717) is 30.1 Å². The number of nitrogens with one attached hydrogen (secondary N) is 1. The summed E-state index contributed by atoms with van der Waals surface area (Å²) in [6, 6.07) is 9.49. The lowest BCUT2D eigenvalue weighted by Crippen LogP contribution is -2.55. The van der Waals surface area contributed by atoms with Gasteiger partial charge < -0.3 is 20.1 Å². The lowest BCUT2D eigenvalue weighted by atomic mass is 9.85. The van der Waals surface area contributed by atoms with Crippen molar-refractivity contribution in [2.45, 2.75) is 63.7 Å². The van der Waals surface area contributed by atoms with E-state index >= 15 is 0 Å². The van der Waals surface area contributed by atoms with Crippen LogP contribution < -0.4 is 10.2 Å². The van der Waals surface area contributed by atoms with Gasteiger partial charge in [0.15, 0.2) is 6.10 Å². The van der Waals surface area contributed by atoms with Gasteiger partial charge in [-0.05, 0) is 43.5 Å². The number of fused-ring (bicyclic) bond motifs is 1. The van der Waals surface area contributed by atoms with Crippen LogP contribution in [0.3, 0.4) is 0 Å². The molecule has 2 heterocycles. The molecule has 0 unspecified atom stereocenters. The molecule has 1 saturated carbocycles. The first-order valence-corrected chi connectivity index (χ1v) is 11.7. The van der Waals surface area contributed by atoms with Gasteiger partial charge in [-0.15, -0.1) is 0 Å². The van der Waals surface area contributed by atoms with Crippen LogP contribution in [-0.2, 0) is 9.53 Å². The van der Waals surface area contributed by atoms with Crippen LogP contribution in [0.4, 0.5) is 5.69 Å². The number of morpholine rings is 1. The Morgan fingerprint density at radius 2 is 2.12 bits per heavy atom. The minimum Gasteiger partial charge on any atom is -0.394 e. The second-order valence-corrected chi connectivity index (χ2v) is 9.11. The molecule has 4 rings (SSSR count). The van der Waals surface area contributed by atoms with E-state index in [0.717, 1.165) is 17.5 Å². The molecule has 7 heteroatoms. The number of nitriles is 1. The Morgan fingerprint density at radius 3 is 2.88 bits per heavy atom. The highest BCUT2D eigenvalue weighted by atomic mass is 16.5. The highest BCUT2D eigenvalue weighted by Crippen LogP contribution is 2.31. The molecular formula is C25H32N4O3. The van der Waals surface area contributed by atoms with E-state index in [1.807, 2.05) is 25.1 Å². The van der Waals surface area contributed by atoms with Gasteiger partial charge in [-0.2, -0.15) is 5.26 Å². The molecule has 170 valence electrons. The van der Waals surface area contributed by atoms with Crippen molar-refractivity contribution in [1.82, 2.24) is 10.3 Å². The third-order valence-corrected chi connectivity index (χ3v) is 6.67. The van der Waals surface area contributed by atoms with Gasteiger partial charge in [0.1, 0.15) is 6.07 Å². The monoisotopic (exact) mass is 436 g/mol. The number of carbonyl (C=O) groups is 1. The van der Waals surface area contributed by atoms with Gasteiger partial charge in [0.2, 0.25) is 0 Å². The smallest absolute Gasteiger partial charge is 0.251 e. The fourth-order valence-corrected chi connectivity index (χ4v) is 5.11. The lowest BCUT2D eigenvalue weighted by Gasteiger charge is -2.38. The summed E-state index contributed by atoms with van der Waals surface area (Å²) in [5, 5.41) is 23.2. The van der Waals surface area contributed by atoms with Gasteiger partial charge in [0, 0.05) is 23.8 Å². The van der Waals surface area contributed by atoms with E-state index in [1.165, 1.54) is 32.1 Å². The van der Waals surface area contributed by atoms with Crippen LogP contribution >= 0.6 is 0 Å². The number of rotatable bonds is 6. The maximum Gasteiger partial charge on any atom is 0.251 e. The summed E-state index contributed by atoms with van der Waals surface area (Å²) in [5.74, 6) is 0.397. The highest BCUT2D eigenvalue weighted by molar-refractivity contribution is 5.95.